The van der Waals surface area contributed by atoms with E-state index in [0.29, 0.717) is 24.8 Å². The number of ether oxygens (including phenoxy) is 1. The van der Waals surface area contributed by atoms with E-state index in [9.17, 15) is 9.18 Å². The SMILES string of the molecule is O=C(CN1CCN(Cc2csc(COc3ccc(F)cc3)n2)CC1)N1CCCCCC1. The van der Waals surface area contributed by atoms with E-state index in [4.69, 9.17) is 4.74 Å². The predicted molar refractivity (Wildman–Crippen MR) is 120 cm³/mol. The number of aromatic nitrogens is 1. The molecule has 2 saturated heterocycles. The first kappa shape index (κ1) is 22.2. The highest BCUT2D eigenvalue weighted by molar-refractivity contribution is 7.09. The monoisotopic (exact) mass is 446 g/mol. The van der Waals surface area contributed by atoms with Crippen LogP contribution in [0.15, 0.2) is 29.6 Å². The van der Waals surface area contributed by atoms with Gasteiger partial charge in [0.15, 0.2) is 0 Å². The van der Waals surface area contributed by atoms with Crippen molar-refractivity contribution >= 4 is 17.2 Å². The molecule has 8 heteroatoms. The molecule has 0 atom stereocenters. The quantitative estimate of drug-likeness (QED) is 0.653. The van der Waals surface area contributed by atoms with Crippen molar-refractivity contribution in [2.75, 3.05) is 45.8 Å². The number of halogens is 1. The van der Waals surface area contributed by atoms with E-state index < -0.39 is 0 Å². The number of thiazole rings is 1. The molecule has 31 heavy (non-hydrogen) atoms. The van der Waals surface area contributed by atoms with E-state index in [-0.39, 0.29) is 5.82 Å². The number of carbonyl (C=O) groups is 1. The molecule has 0 aliphatic carbocycles. The Morgan fingerprint density at radius 2 is 1.65 bits per heavy atom. The third kappa shape index (κ3) is 6.72. The molecule has 0 bridgehead atoms. The van der Waals surface area contributed by atoms with Crippen LogP contribution >= 0.6 is 11.3 Å². The zero-order chi connectivity index (χ0) is 21.5. The highest BCUT2D eigenvalue weighted by atomic mass is 32.1. The minimum atomic E-state index is -0.268. The van der Waals surface area contributed by atoms with Gasteiger partial charge in [-0.3, -0.25) is 14.6 Å². The van der Waals surface area contributed by atoms with E-state index in [0.717, 1.165) is 69.4 Å². The standard InChI is InChI=1S/C23H31FN4O2S/c24-19-5-7-21(8-6-19)30-17-22-25-20(18-31-22)15-26-11-13-27(14-12-26)16-23(29)28-9-3-1-2-4-10-28/h5-8,18H,1-4,9-17H2. The zero-order valence-electron chi connectivity index (χ0n) is 18.0. The number of amides is 1. The number of likely N-dealkylation sites (tertiary alicyclic amines) is 1. The summed E-state index contributed by atoms with van der Waals surface area (Å²) in [5.74, 6) is 0.667. The normalized spacial score (nSPS) is 18.7. The Labute approximate surface area is 187 Å². The molecule has 4 rings (SSSR count). The molecule has 1 aromatic carbocycles. The molecular formula is C23H31FN4O2S. The second-order valence-corrected chi connectivity index (χ2v) is 9.27. The summed E-state index contributed by atoms with van der Waals surface area (Å²) in [6.45, 7) is 7.36. The lowest BCUT2D eigenvalue weighted by molar-refractivity contribution is -0.132. The van der Waals surface area contributed by atoms with Gasteiger partial charge in [0.1, 0.15) is 23.2 Å². The van der Waals surface area contributed by atoms with Crippen LogP contribution in [0.25, 0.3) is 0 Å². The van der Waals surface area contributed by atoms with E-state index in [1.54, 1.807) is 23.5 Å². The minimum absolute atomic E-state index is 0.268. The number of nitrogens with zero attached hydrogens (tertiary/aromatic N) is 4. The number of rotatable bonds is 7. The topological polar surface area (TPSA) is 48.9 Å². The summed E-state index contributed by atoms with van der Waals surface area (Å²) in [5, 5.41) is 3.00. The highest BCUT2D eigenvalue weighted by Crippen LogP contribution is 2.17. The number of benzene rings is 1. The van der Waals surface area contributed by atoms with Gasteiger partial charge in [-0.25, -0.2) is 9.37 Å². The fourth-order valence-corrected chi connectivity index (χ4v) is 4.81. The van der Waals surface area contributed by atoms with Gasteiger partial charge in [0, 0.05) is 51.2 Å². The molecule has 0 N–H and O–H groups in total. The van der Waals surface area contributed by atoms with Gasteiger partial charge in [-0.2, -0.15) is 0 Å². The second-order valence-electron chi connectivity index (χ2n) is 8.32. The summed E-state index contributed by atoms with van der Waals surface area (Å²) >= 11 is 1.59. The Morgan fingerprint density at radius 1 is 0.968 bits per heavy atom. The number of hydrogen-bond acceptors (Lipinski definition) is 6. The molecule has 2 aromatic rings. The van der Waals surface area contributed by atoms with Gasteiger partial charge in [0.2, 0.25) is 5.91 Å². The molecule has 1 aromatic heterocycles. The molecule has 3 heterocycles. The fourth-order valence-electron chi connectivity index (χ4n) is 4.11. The average Bonchev–Trinajstić information content (AvgIpc) is 3.04. The fraction of sp³-hybridized carbons (Fsp3) is 0.565. The van der Waals surface area contributed by atoms with Crippen LogP contribution in [-0.4, -0.2) is 71.4 Å². The molecule has 0 spiro atoms. The number of hydrogen-bond donors (Lipinski definition) is 0. The molecule has 0 saturated carbocycles. The summed E-state index contributed by atoms with van der Waals surface area (Å²) in [6, 6.07) is 6.04. The second kappa shape index (κ2) is 11.0. The largest absolute Gasteiger partial charge is 0.486 e. The first-order valence-electron chi connectivity index (χ1n) is 11.2. The maximum atomic E-state index is 13.0. The van der Waals surface area contributed by atoms with Gasteiger partial charge in [-0.1, -0.05) is 12.8 Å². The van der Waals surface area contributed by atoms with Crippen LogP contribution in [0.2, 0.25) is 0 Å². The van der Waals surface area contributed by atoms with Crippen molar-refractivity contribution < 1.29 is 13.9 Å². The lowest BCUT2D eigenvalue weighted by atomic mass is 10.2. The predicted octanol–water partition coefficient (Wildman–Crippen LogP) is 3.38. The number of piperazine rings is 1. The minimum Gasteiger partial charge on any atom is -0.486 e. The zero-order valence-corrected chi connectivity index (χ0v) is 18.8. The van der Waals surface area contributed by atoms with Gasteiger partial charge < -0.3 is 9.64 Å². The Bertz CT molecular complexity index is 828. The summed E-state index contributed by atoms with van der Waals surface area (Å²) < 4.78 is 18.7. The van der Waals surface area contributed by atoms with Crippen molar-refractivity contribution in [3.05, 3.63) is 46.2 Å². The molecule has 2 aliphatic rings. The highest BCUT2D eigenvalue weighted by Gasteiger charge is 2.22. The number of carbonyl (C=O) groups excluding carboxylic acids is 1. The van der Waals surface area contributed by atoms with Crippen molar-refractivity contribution in [3.8, 4) is 5.75 Å². The van der Waals surface area contributed by atoms with Crippen LogP contribution in [-0.2, 0) is 17.9 Å². The lowest BCUT2D eigenvalue weighted by Crippen LogP contribution is -2.49. The summed E-state index contributed by atoms with van der Waals surface area (Å²) in [4.78, 5) is 24.0. The summed E-state index contributed by atoms with van der Waals surface area (Å²) in [7, 11) is 0. The van der Waals surface area contributed by atoms with Gasteiger partial charge in [0.25, 0.3) is 0 Å². The maximum absolute atomic E-state index is 13.0. The van der Waals surface area contributed by atoms with Crippen LogP contribution in [0.3, 0.4) is 0 Å². The van der Waals surface area contributed by atoms with Gasteiger partial charge in [-0.15, -0.1) is 11.3 Å². The Hall–Kier alpha value is -2.03. The van der Waals surface area contributed by atoms with Crippen molar-refractivity contribution in [1.29, 1.82) is 0 Å². The smallest absolute Gasteiger partial charge is 0.236 e. The van der Waals surface area contributed by atoms with Gasteiger partial charge in [0.05, 0.1) is 12.2 Å². The molecule has 1 amide bonds. The van der Waals surface area contributed by atoms with E-state index in [2.05, 4.69) is 25.1 Å². The maximum Gasteiger partial charge on any atom is 0.236 e. The molecule has 2 aliphatic heterocycles. The van der Waals surface area contributed by atoms with Crippen molar-refractivity contribution in [1.82, 2.24) is 19.7 Å². The van der Waals surface area contributed by atoms with E-state index in [1.165, 1.54) is 25.0 Å². The first-order valence-corrected chi connectivity index (χ1v) is 12.1. The summed E-state index contributed by atoms with van der Waals surface area (Å²) in [6.07, 6.45) is 4.78. The molecule has 0 radical (unpaired) electrons. The van der Waals surface area contributed by atoms with E-state index >= 15 is 0 Å². The Kier molecular flexibility index (Phi) is 7.88. The van der Waals surface area contributed by atoms with Crippen LogP contribution in [0.1, 0.15) is 36.4 Å². The Morgan fingerprint density at radius 3 is 2.35 bits per heavy atom. The van der Waals surface area contributed by atoms with Crippen molar-refractivity contribution in [2.45, 2.75) is 38.8 Å². The lowest BCUT2D eigenvalue weighted by Gasteiger charge is -2.35. The van der Waals surface area contributed by atoms with Crippen molar-refractivity contribution in [2.24, 2.45) is 0 Å². The summed E-state index contributed by atoms with van der Waals surface area (Å²) in [5.41, 5.74) is 1.05. The van der Waals surface area contributed by atoms with Crippen LogP contribution in [0, 0.1) is 5.82 Å². The van der Waals surface area contributed by atoms with Gasteiger partial charge in [-0.05, 0) is 37.1 Å². The van der Waals surface area contributed by atoms with Crippen molar-refractivity contribution in [3.63, 3.8) is 0 Å². The third-order valence-electron chi connectivity index (χ3n) is 5.94. The van der Waals surface area contributed by atoms with Crippen LogP contribution in [0.5, 0.6) is 5.75 Å². The van der Waals surface area contributed by atoms with E-state index in [1.807, 2.05) is 0 Å². The average molecular weight is 447 g/mol. The molecule has 2 fully saturated rings. The molecule has 6 nitrogen and oxygen atoms in total. The molecule has 0 unspecified atom stereocenters. The van der Waals surface area contributed by atoms with Gasteiger partial charge >= 0.3 is 0 Å². The first-order chi connectivity index (χ1) is 15.2. The molecule has 168 valence electrons. The molecular weight excluding hydrogens is 415 g/mol. The third-order valence-corrected chi connectivity index (χ3v) is 6.81. The van der Waals surface area contributed by atoms with Crippen LogP contribution in [0.4, 0.5) is 4.39 Å². The Balaban J connectivity index is 1.18. The van der Waals surface area contributed by atoms with Crippen LogP contribution < -0.4 is 4.74 Å².